The lowest BCUT2D eigenvalue weighted by Gasteiger charge is -2.18. The number of nitrogens with one attached hydrogen (secondary N) is 1. The van der Waals surface area contributed by atoms with Gasteiger partial charge in [0.25, 0.3) is 5.56 Å². The number of nitrogens with zero attached hydrogens (tertiary/aromatic N) is 1. The second kappa shape index (κ2) is 9.02. The Bertz CT molecular complexity index is 612. The summed E-state index contributed by atoms with van der Waals surface area (Å²) in [6, 6.07) is 1.15. The zero-order chi connectivity index (χ0) is 16.6. The van der Waals surface area contributed by atoms with Crippen LogP contribution in [0.4, 0.5) is 0 Å². The summed E-state index contributed by atoms with van der Waals surface area (Å²) >= 11 is 0. The summed E-state index contributed by atoms with van der Waals surface area (Å²) in [5, 5.41) is 9.22. The van der Waals surface area contributed by atoms with Crippen LogP contribution in [0.3, 0.4) is 0 Å². The average Bonchev–Trinajstić information content (AvgIpc) is 2.45. The van der Waals surface area contributed by atoms with E-state index in [9.17, 15) is 24.2 Å². The minimum atomic E-state index is -3.89. The molecule has 9 nitrogen and oxygen atoms in total. The third kappa shape index (κ3) is 6.67. The van der Waals surface area contributed by atoms with Gasteiger partial charge in [0.15, 0.2) is 0 Å². The Morgan fingerprint density at radius 3 is 2.77 bits per heavy atom. The number of ether oxygens (including phenoxy) is 1. The highest BCUT2D eigenvalue weighted by Crippen LogP contribution is 2.42. The van der Waals surface area contributed by atoms with Gasteiger partial charge in [-0.25, -0.2) is 4.79 Å². The normalized spacial score (nSPS) is 15.4. The van der Waals surface area contributed by atoms with Gasteiger partial charge < -0.3 is 19.3 Å². The van der Waals surface area contributed by atoms with E-state index in [1.165, 1.54) is 6.20 Å². The highest BCUT2D eigenvalue weighted by atomic mass is 31.2. The lowest BCUT2D eigenvalue weighted by molar-refractivity contribution is 0.0167. The van der Waals surface area contributed by atoms with E-state index in [1.54, 1.807) is 0 Å². The molecule has 0 fully saturated rings. The van der Waals surface area contributed by atoms with Crippen molar-refractivity contribution in [3.8, 4) is 0 Å². The van der Waals surface area contributed by atoms with Crippen LogP contribution in [0, 0.1) is 0 Å². The zero-order valence-electron chi connectivity index (χ0n) is 12.3. The standard InChI is InChI=1S/C12H21N2O7P/c1-2-3-6-21-22(18,19)9-20-10(8-15)7-14-5-4-11(16)13-12(14)17/h4-5,10,15H,2-3,6-9H2,1H3,(H,18,19)(H,13,16,17)/t10-/m0/s1. The third-order valence-corrected chi connectivity index (χ3v) is 3.83. The maximum Gasteiger partial charge on any atom is 0.353 e. The monoisotopic (exact) mass is 336 g/mol. The third-order valence-electron chi connectivity index (χ3n) is 2.77. The zero-order valence-corrected chi connectivity index (χ0v) is 13.2. The van der Waals surface area contributed by atoms with Crippen molar-refractivity contribution >= 4 is 7.60 Å². The first-order valence-corrected chi connectivity index (χ1v) is 8.63. The van der Waals surface area contributed by atoms with E-state index < -0.39 is 37.9 Å². The lowest BCUT2D eigenvalue weighted by atomic mass is 10.3. The first-order valence-electron chi connectivity index (χ1n) is 6.86. The van der Waals surface area contributed by atoms with Gasteiger partial charge in [-0.05, 0) is 6.42 Å². The first kappa shape index (κ1) is 18.8. The van der Waals surface area contributed by atoms with Crippen LogP contribution in [0.2, 0.25) is 0 Å². The largest absolute Gasteiger partial charge is 0.394 e. The second-order valence-corrected chi connectivity index (χ2v) is 6.48. The van der Waals surface area contributed by atoms with E-state index in [4.69, 9.17) is 9.26 Å². The summed E-state index contributed by atoms with van der Waals surface area (Å²) in [6.45, 7) is 1.55. The van der Waals surface area contributed by atoms with Crippen LogP contribution >= 0.6 is 7.60 Å². The number of aliphatic hydroxyl groups excluding tert-OH is 1. The number of unbranched alkanes of at least 4 members (excludes halogenated alkanes) is 1. The molecular formula is C12H21N2O7P. The maximum atomic E-state index is 11.7. The van der Waals surface area contributed by atoms with Gasteiger partial charge in [-0.2, -0.15) is 0 Å². The van der Waals surface area contributed by atoms with Crippen molar-refractivity contribution in [1.29, 1.82) is 0 Å². The molecule has 1 aromatic heterocycles. The molecule has 0 amide bonds. The Morgan fingerprint density at radius 2 is 2.18 bits per heavy atom. The Kier molecular flexibility index (Phi) is 7.70. The van der Waals surface area contributed by atoms with E-state index in [0.717, 1.165) is 17.1 Å². The minimum absolute atomic E-state index is 0.0684. The molecule has 0 aromatic carbocycles. The Hall–Kier alpha value is -1.25. The summed E-state index contributed by atoms with van der Waals surface area (Å²) in [5.41, 5.74) is -1.19. The minimum Gasteiger partial charge on any atom is -0.394 e. The average molecular weight is 336 g/mol. The van der Waals surface area contributed by atoms with Crippen LogP contribution < -0.4 is 11.2 Å². The summed E-state index contributed by atoms with van der Waals surface area (Å²) < 4.78 is 22.8. The highest BCUT2D eigenvalue weighted by Gasteiger charge is 2.22. The summed E-state index contributed by atoms with van der Waals surface area (Å²) in [5.74, 6) is 0. The summed E-state index contributed by atoms with van der Waals surface area (Å²) in [7, 11) is -3.89. The Balaban J connectivity index is 2.56. The molecule has 0 bridgehead atoms. The fourth-order valence-electron chi connectivity index (χ4n) is 1.56. The number of aromatic amines is 1. The number of hydrogen-bond acceptors (Lipinski definition) is 6. The summed E-state index contributed by atoms with van der Waals surface area (Å²) in [4.78, 5) is 34.1. The Morgan fingerprint density at radius 1 is 1.45 bits per heavy atom. The molecule has 0 radical (unpaired) electrons. The topological polar surface area (TPSA) is 131 Å². The smallest absolute Gasteiger partial charge is 0.353 e. The van der Waals surface area contributed by atoms with E-state index in [2.05, 4.69) is 4.98 Å². The number of H-pyrrole nitrogens is 1. The molecule has 0 aliphatic heterocycles. The van der Waals surface area contributed by atoms with Gasteiger partial charge in [0.05, 0.1) is 25.9 Å². The van der Waals surface area contributed by atoms with Crippen LogP contribution in [-0.2, 0) is 20.4 Å². The molecule has 0 saturated carbocycles. The molecular weight excluding hydrogens is 315 g/mol. The molecule has 2 atom stereocenters. The van der Waals surface area contributed by atoms with Crippen LogP contribution in [0.25, 0.3) is 0 Å². The van der Waals surface area contributed by atoms with Crippen molar-refractivity contribution in [3.63, 3.8) is 0 Å². The molecule has 10 heteroatoms. The van der Waals surface area contributed by atoms with Gasteiger partial charge in [0, 0.05) is 12.3 Å². The van der Waals surface area contributed by atoms with Gasteiger partial charge in [-0.15, -0.1) is 0 Å². The predicted molar refractivity (Wildman–Crippen MR) is 78.8 cm³/mol. The van der Waals surface area contributed by atoms with Crippen LogP contribution in [0.15, 0.2) is 21.9 Å². The van der Waals surface area contributed by atoms with E-state index in [-0.39, 0.29) is 13.2 Å². The Labute approximate surface area is 127 Å². The fraction of sp³-hybridized carbons (Fsp3) is 0.667. The molecule has 3 N–H and O–H groups in total. The first-order chi connectivity index (χ1) is 10.4. The van der Waals surface area contributed by atoms with Crippen molar-refractivity contribution in [2.45, 2.75) is 32.4 Å². The van der Waals surface area contributed by atoms with Crippen molar-refractivity contribution in [3.05, 3.63) is 33.1 Å². The van der Waals surface area contributed by atoms with Crippen molar-refractivity contribution in [2.24, 2.45) is 0 Å². The molecule has 0 saturated heterocycles. The quantitative estimate of drug-likeness (QED) is 0.401. The molecule has 22 heavy (non-hydrogen) atoms. The summed E-state index contributed by atoms with van der Waals surface area (Å²) in [6.07, 6.45) is 1.28. The SMILES string of the molecule is CCCCOP(=O)(O)CO[C@H](CO)Cn1ccc(=O)[nH]c1=O. The van der Waals surface area contributed by atoms with E-state index in [0.29, 0.717) is 6.42 Å². The number of aromatic nitrogens is 2. The van der Waals surface area contributed by atoms with Gasteiger partial charge in [0.1, 0.15) is 6.35 Å². The number of aliphatic hydroxyl groups is 1. The molecule has 0 aliphatic carbocycles. The molecule has 0 spiro atoms. The van der Waals surface area contributed by atoms with E-state index in [1.807, 2.05) is 6.92 Å². The van der Waals surface area contributed by atoms with Crippen LogP contribution in [-0.4, -0.2) is 45.2 Å². The molecule has 126 valence electrons. The number of rotatable bonds is 10. The van der Waals surface area contributed by atoms with Crippen molar-refractivity contribution in [1.82, 2.24) is 9.55 Å². The number of hydrogen-bond donors (Lipinski definition) is 3. The lowest BCUT2D eigenvalue weighted by Crippen LogP contribution is -2.34. The second-order valence-electron chi connectivity index (χ2n) is 4.69. The highest BCUT2D eigenvalue weighted by molar-refractivity contribution is 7.52. The van der Waals surface area contributed by atoms with Gasteiger partial charge in [0.2, 0.25) is 0 Å². The maximum absolute atomic E-state index is 11.7. The molecule has 1 rings (SSSR count). The molecule has 1 unspecified atom stereocenters. The van der Waals surface area contributed by atoms with E-state index >= 15 is 0 Å². The fourth-order valence-corrected chi connectivity index (χ4v) is 2.45. The van der Waals surface area contributed by atoms with Gasteiger partial charge in [-0.3, -0.25) is 18.9 Å². The predicted octanol–water partition coefficient (Wildman–Crippen LogP) is -0.126. The molecule has 1 aromatic rings. The van der Waals surface area contributed by atoms with Gasteiger partial charge >= 0.3 is 13.3 Å². The van der Waals surface area contributed by atoms with Crippen molar-refractivity contribution < 1.29 is 23.8 Å². The van der Waals surface area contributed by atoms with Crippen LogP contribution in [0.1, 0.15) is 19.8 Å². The van der Waals surface area contributed by atoms with Crippen molar-refractivity contribution in [2.75, 3.05) is 19.6 Å². The molecule has 0 aliphatic rings. The van der Waals surface area contributed by atoms with Crippen LogP contribution in [0.5, 0.6) is 0 Å². The van der Waals surface area contributed by atoms with Gasteiger partial charge in [-0.1, -0.05) is 13.3 Å². The molecule has 1 heterocycles.